The van der Waals surface area contributed by atoms with Gasteiger partial charge in [-0.3, -0.25) is 0 Å². The average Bonchev–Trinajstić information content (AvgIpc) is 1.79. The van der Waals surface area contributed by atoms with Crippen molar-refractivity contribution in [1.29, 1.82) is 0 Å². The lowest BCUT2D eigenvalue weighted by Crippen LogP contribution is -2.31. The zero-order valence-corrected chi connectivity index (χ0v) is 9.31. The lowest BCUT2D eigenvalue weighted by atomic mass is 11.2. The first-order chi connectivity index (χ1) is 4.41. The molecule has 0 nitrogen and oxygen atoms in total. The number of hydrogen-bond acceptors (Lipinski definition) is 0. The van der Waals surface area contributed by atoms with Crippen molar-refractivity contribution in [3.8, 4) is 0 Å². The van der Waals surface area contributed by atoms with Crippen LogP contribution in [0.1, 0.15) is 0 Å². The van der Waals surface area contributed by atoms with Crippen LogP contribution in [0, 0.1) is 0 Å². The predicted octanol–water partition coefficient (Wildman–Crippen LogP) is 2.69. The molecule has 0 aromatic rings. The summed E-state index contributed by atoms with van der Waals surface area (Å²) in [5.41, 5.74) is 9.89. The first-order valence-corrected chi connectivity index (χ1v) is 10.1. The van der Waals surface area contributed by atoms with E-state index in [1.165, 1.54) is 0 Å². The molecule has 0 aliphatic carbocycles. The van der Waals surface area contributed by atoms with Crippen LogP contribution in [0.15, 0.2) is 22.8 Å². The SMILES string of the molecule is C[Si]1(C)C=C[Si](C)(C)C=C1. The van der Waals surface area contributed by atoms with Crippen LogP contribution in [0.3, 0.4) is 0 Å². The maximum absolute atomic E-state index is 2.47. The van der Waals surface area contributed by atoms with Crippen molar-refractivity contribution >= 4 is 16.1 Å². The largest absolute Gasteiger partial charge is 0.0983 e. The average molecular weight is 168 g/mol. The summed E-state index contributed by atoms with van der Waals surface area (Å²) < 4.78 is 0. The van der Waals surface area contributed by atoms with E-state index in [9.17, 15) is 0 Å². The Morgan fingerprint density at radius 1 is 0.600 bits per heavy atom. The van der Waals surface area contributed by atoms with Crippen LogP contribution in [-0.2, 0) is 0 Å². The van der Waals surface area contributed by atoms with Gasteiger partial charge in [-0.25, -0.2) is 0 Å². The van der Waals surface area contributed by atoms with Crippen LogP contribution in [0.2, 0.25) is 26.2 Å². The van der Waals surface area contributed by atoms with Gasteiger partial charge in [0.25, 0.3) is 0 Å². The van der Waals surface area contributed by atoms with E-state index in [-0.39, 0.29) is 0 Å². The van der Waals surface area contributed by atoms with E-state index in [1.807, 2.05) is 0 Å². The molecule has 0 aromatic carbocycles. The molecule has 1 aliphatic rings. The van der Waals surface area contributed by atoms with Crippen molar-refractivity contribution < 1.29 is 0 Å². The Balaban J connectivity index is 2.81. The molecule has 0 unspecified atom stereocenters. The van der Waals surface area contributed by atoms with Crippen LogP contribution >= 0.6 is 0 Å². The Labute approximate surface area is 65.7 Å². The van der Waals surface area contributed by atoms with Crippen LogP contribution in [0.5, 0.6) is 0 Å². The van der Waals surface area contributed by atoms with Gasteiger partial charge in [-0.2, -0.15) is 0 Å². The normalized spacial score (nSPS) is 26.8. The van der Waals surface area contributed by atoms with Gasteiger partial charge in [-0.15, -0.1) is 0 Å². The minimum atomic E-state index is -1.01. The van der Waals surface area contributed by atoms with Gasteiger partial charge >= 0.3 is 0 Å². The van der Waals surface area contributed by atoms with E-state index < -0.39 is 16.1 Å². The monoisotopic (exact) mass is 168 g/mol. The standard InChI is InChI=1S/C8H16Si2/c1-9(2)5-7-10(3,4)8-6-9/h5-8H,1-4H3. The van der Waals surface area contributed by atoms with Gasteiger partial charge in [0.05, 0.1) is 16.1 Å². The fraction of sp³-hybridized carbons (Fsp3) is 0.500. The fourth-order valence-electron chi connectivity index (χ4n) is 0.970. The molecule has 0 saturated carbocycles. The zero-order valence-electron chi connectivity index (χ0n) is 7.31. The molecule has 2 heteroatoms. The lowest BCUT2D eigenvalue weighted by molar-refractivity contribution is 1.75. The van der Waals surface area contributed by atoms with Gasteiger partial charge in [0, 0.05) is 0 Å². The molecule has 1 aliphatic heterocycles. The van der Waals surface area contributed by atoms with Crippen molar-refractivity contribution in [3.63, 3.8) is 0 Å². The van der Waals surface area contributed by atoms with E-state index in [1.54, 1.807) is 0 Å². The van der Waals surface area contributed by atoms with Crippen molar-refractivity contribution in [3.05, 3.63) is 22.8 Å². The predicted molar refractivity (Wildman–Crippen MR) is 53.2 cm³/mol. The summed E-state index contributed by atoms with van der Waals surface area (Å²) >= 11 is 0. The van der Waals surface area contributed by atoms with E-state index in [0.29, 0.717) is 0 Å². The topological polar surface area (TPSA) is 0 Å². The Morgan fingerprint density at radius 3 is 1.00 bits per heavy atom. The molecule has 10 heavy (non-hydrogen) atoms. The molecule has 1 rings (SSSR count). The molecule has 0 radical (unpaired) electrons. The van der Waals surface area contributed by atoms with E-state index in [2.05, 4.69) is 49.0 Å². The first-order valence-electron chi connectivity index (χ1n) is 3.82. The molecule has 0 atom stereocenters. The Hall–Kier alpha value is -0.0862. The smallest absolute Gasteiger partial charge is 0.0940 e. The summed E-state index contributed by atoms with van der Waals surface area (Å²) in [7, 11) is -2.01. The quantitative estimate of drug-likeness (QED) is 0.488. The van der Waals surface area contributed by atoms with Gasteiger partial charge in [0.2, 0.25) is 0 Å². The minimum Gasteiger partial charge on any atom is -0.0983 e. The van der Waals surface area contributed by atoms with Crippen molar-refractivity contribution in [1.82, 2.24) is 0 Å². The second-order valence-corrected chi connectivity index (χ2v) is 12.9. The highest BCUT2D eigenvalue weighted by molar-refractivity contribution is 6.96. The maximum Gasteiger partial charge on any atom is 0.0940 e. The van der Waals surface area contributed by atoms with Crippen molar-refractivity contribution in [2.24, 2.45) is 0 Å². The van der Waals surface area contributed by atoms with E-state index in [0.717, 1.165) is 0 Å². The molecular weight excluding hydrogens is 152 g/mol. The van der Waals surface area contributed by atoms with Gasteiger partial charge < -0.3 is 0 Å². The number of hydrogen-bond donors (Lipinski definition) is 0. The second-order valence-electron chi connectivity index (χ2n) is 4.31. The molecule has 0 spiro atoms. The third kappa shape index (κ3) is 1.95. The molecule has 0 aromatic heterocycles. The van der Waals surface area contributed by atoms with E-state index >= 15 is 0 Å². The highest BCUT2D eigenvalue weighted by Gasteiger charge is 2.22. The summed E-state index contributed by atoms with van der Waals surface area (Å²) in [5, 5.41) is 0. The van der Waals surface area contributed by atoms with Crippen LogP contribution in [-0.4, -0.2) is 16.1 Å². The molecule has 0 bridgehead atoms. The van der Waals surface area contributed by atoms with Crippen LogP contribution < -0.4 is 0 Å². The van der Waals surface area contributed by atoms with Gasteiger partial charge in [0.15, 0.2) is 0 Å². The van der Waals surface area contributed by atoms with Crippen molar-refractivity contribution in [2.75, 3.05) is 0 Å². The first kappa shape index (κ1) is 8.01. The fourth-order valence-corrected chi connectivity index (χ4v) is 8.07. The highest BCUT2D eigenvalue weighted by Crippen LogP contribution is 2.18. The third-order valence-corrected chi connectivity index (χ3v) is 6.65. The molecule has 1 heterocycles. The summed E-state index contributed by atoms with van der Waals surface area (Å²) in [5.74, 6) is 0. The van der Waals surface area contributed by atoms with Crippen LogP contribution in [0.25, 0.3) is 0 Å². The van der Waals surface area contributed by atoms with Crippen LogP contribution in [0.4, 0.5) is 0 Å². The molecule has 0 amide bonds. The highest BCUT2D eigenvalue weighted by atomic mass is 28.3. The minimum absolute atomic E-state index is 1.01. The summed E-state index contributed by atoms with van der Waals surface area (Å²) in [6.07, 6.45) is 0. The van der Waals surface area contributed by atoms with E-state index in [4.69, 9.17) is 0 Å². The molecule has 0 fully saturated rings. The van der Waals surface area contributed by atoms with Crippen molar-refractivity contribution in [2.45, 2.75) is 26.2 Å². The molecule has 0 saturated heterocycles. The van der Waals surface area contributed by atoms with Gasteiger partial charge in [-0.1, -0.05) is 49.0 Å². The molecule has 56 valence electrons. The van der Waals surface area contributed by atoms with Gasteiger partial charge in [0.1, 0.15) is 0 Å². The number of rotatable bonds is 0. The molecular formula is C8H16Si2. The summed E-state index contributed by atoms with van der Waals surface area (Å²) in [6, 6.07) is 0. The zero-order chi connectivity index (χ0) is 7.83. The Bertz CT molecular complexity index is 149. The molecule has 0 N–H and O–H groups in total. The Kier molecular flexibility index (Phi) is 1.77. The summed E-state index contributed by atoms with van der Waals surface area (Å²) in [4.78, 5) is 0. The van der Waals surface area contributed by atoms with Gasteiger partial charge in [-0.05, 0) is 0 Å². The third-order valence-electron chi connectivity index (χ3n) is 1.88. The summed E-state index contributed by atoms with van der Waals surface area (Å²) in [6.45, 7) is 9.51. The maximum atomic E-state index is 2.47. The Morgan fingerprint density at radius 2 is 0.800 bits per heavy atom. The lowest BCUT2D eigenvalue weighted by Gasteiger charge is -2.23. The second kappa shape index (κ2) is 2.20.